The number of hydrogen-bond acceptors (Lipinski definition) is 8. The lowest BCUT2D eigenvalue weighted by atomic mass is 9.94. The van der Waals surface area contributed by atoms with E-state index < -0.39 is 12.1 Å². The number of nitrogens with one attached hydrogen (secondary N) is 2. The normalized spacial score (nSPS) is 13.4. The molecule has 0 heterocycles. The SMILES string of the molecule is CCCCC(CCCC[C@H](N)C(=O)NCCCC[C@H](N)C(=O)NCCOc1ccc(CS)c(CS)c1)C(N)=O. The third kappa shape index (κ3) is 14.9. The van der Waals surface area contributed by atoms with Crippen LogP contribution in [0.5, 0.6) is 5.75 Å². The Labute approximate surface area is 244 Å². The Morgan fingerprint density at radius 2 is 1.38 bits per heavy atom. The number of nitrogens with two attached hydrogens (primary N) is 3. The molecule has 1 rings (SSSR count). The van der Waals surface area contributed by atoms with Gasteiger partial charge in [0.1, 0.15) is 12.4 Å². The quantitative estimate of drug-likeness (QED) is 0.0820. The van der Waals surface area contributed by atoms with E-state index in [2.05, 4.69) is 42.8 Å². The van der Waals surface area contributed by atoms with Gasteiger partial charge in [-0.2, -0.15) is 25.3 Å². The van der Waals surface area contributed by atoms with Gasteiger partial charge in [-0.1, -0.05) is 38.7 Å². The van der Waals surface area contributed by atoms with E-state index in [-0.39, 0.29) is 23.6 Å². The Hall–Kier alpha value is -1.95. The fourth-order valence-corrected chi connectivity index (χ4v) is 4.80. The van der Waals surface area contributed by atoms with E-state index in [0.717, 1.165) is 55.4 Å². The maximum absolute atomic E-state index is 12.2. The van der Waals surface area contributed by atoms with Gasteiger partial charge in [0.05, 0.1) is 18.6 Å². The van der Waals surface area contributed by atoms with Crippen LogP contribution in [0, 0.1) is 5.92 Å². The molecule has 39 heavy (non-hydrogen) atoms. The summed E-state index contributed by atoms with van der Waals surface area (Å²) in [4.78, 5) is 36.0. The first kappa shape index (κ1) is 35.1. The van der Waals surface area contributed by atoms with Crippen molar-refractivity contribution < 1.29 is 19.1 Å². The Balaban J connectivity index is 2.14. The molecule has 1 aromatic carbocycles. The van der Waals surface area contributed by atoms with Crippen molar-refractivity contribution >= 4 is 43.0 Å². The zero-order valence-electron chi connectivity index (χ0n) is 23.3. The van der Waals surface area contributed by atoms with Gasteiger partial charge in [0.15, 0.2) is 0 Å². The van der Waals surface area contributed by atoms with Crippen molar-refractivity contribution in [1.29, 1.82) is 0 Å². The van der Waals surface area contributed by atoms with Crippen molar-refractivity contribution in [3.8, 4) is 5.75 Å². The molecule has 0 aliphatic rings. The van der Waals surface area contributed by atoms with Crippen molar-refractivity contribution in [3.63, 3.8) is 0 Å². The minimum absolute atomic E-state index is 0.0930. The predicted octanol–water partition coefficient (Wildman–Crippen LogP) is 2.83. The number of carbonyl (C=O) groups excluding carboxylic acids is 3. The number of ether oxygens (including phenoxy) is 1. The van der Waals surface area contributed by atoms with E-state index in [9.17, 15) is 14.4 Å². The van der Waals surface area contributed by atoms with Crippen LogP contribution in [-0.2, 0) is 25.9 Å². The van der Waals surface area contributed by atoms with Crippen LogP contribution >= 0.6 is 25.3 Å². The molecule has 1 unspecified atom stereocenters. The smallest absolute Gasteiger partial charge is 0.237 e. The number of hydrogen-bond donors (Lipinski definition) is 7. The van der Waals surface area contributed by atoms with Gasteiger partial charge in [-0.3, -0.25) is 14.4 Å². The second-order valence-corrected chi connectivity index (χ2v) is 10.5. The fraction of sp³-hybridized carbons (Fsp3) is 0.679. The van der Waals surface area contributed by atoms with Gasteiger partial charge in [0.2, 0.25) is 17.7 Å². The molecule has 0 aliphatic carbocycles. The van der Waals surface area contributed by atoms with E-state index in [1.807, 2.05) is 18.2 Å². The van der Waals surface area contributed by atoms with E-state index >= 15 is 0 Å². The molecular formula is C28H49N5O4S2. The highest BCUT2D eigenvalue weighted by Gasteiger charge is 2.17. The van der Waals surface area contributed by atoms with E-state index in [0.29, 0.717) is 56.9 Å². The van der Waals surface area contributed by atoms with Gasteiger partial charge < -0.3 is 32.6 Å². The maximum Gasteiger partial charge on any atom is 0.237 e. The monoisotopic (exact) mass is 583 g/mol. The molecule has 1 aromatic rings. The van der Waals surface area contributed by atoms with Gasteiger partial charge >= 0.3 is 0 Å². The second kappa shape index (κ2) is 20.9. The molecule has 0 saturated heterocycles. The van der Waals surface area contributed by atoms with Crippen molar-refractivity contribution in [3.05, 3.63) is 29.3 Å². The summed E-state index contributed by atoms with van der Waals surface area (Å²) >= 11 is 8.65. The molecule has 11 heteroatoms. The summed E-state index contributed by atoms with van der Waals surface area (Å²) in [5.41, 5.74) is 19.7. The number of primary amides is 1. The maximum atomic E-state index is 12.2. The molecule has 0 spiro atoms. The van der Waals surface area contributed by atoms with Crippen LogP contribution in [0.4, 0.5) is 0 Å². The molecule has 0 aliphatic heterocycles. The van der Waals surface area contributed by atoms with Crippen LogP contribution in [0.3, 0.4) is 0 Å². The van der Waals surface area contributed by atoms with Gasteiger partial charge in [0, 0.05) is 24.0 Å². The molecule has 3 amide bonds. The number of thiol groups is 2. The molecule has 0 bridgehead atoms. The van der Waals surface area contributed by atoms with Crippen LogP contribution in [0.25, 0.3) is 0 Å². The predicted molar refractivity (Wildman–Crippen MR) is 164 cm³/mol. The molecule has 222 valence electrons. The molecule has 8 N–H and O–H groups in total. The van der Waals surface area contributed by atoms with Crippen molar-refractivity contribution in [1.82, 2.24) is 10.6 Å². The summed E-state index contributed by atoms with van der Waals surface area (Å²) in [7, 11) is 0. The minimum atomic E-state index is -0.616. The molecular weight excluding hydrogens is 534 g/mol. The Bertz CT molecular complexity index is 874. The summed E-state index contributed by atoms with van der Waals surface area (Å²) in [5, 5.41) is 5.65. The number of amides is 3. The Morgan fingerprint density at radius 1 is 0.821 bits per heavy atom. The molecule has 0 radical (unpaired) electrons. The van der Waals surface area contributed by atoms with Crippen molar-refractivity contribution in [2.75, 3.05) is 19.7 Å². The van der Waals surface area contributed by atoms with Crippen LogP contribution in [0.1, 0.15) is 82.3 Å². The van der Waals surface area contributed by atoms with Gasteiger partial charge in [-0.05, 0) is 61.8 Å². The van der Waals surface area contributed by atoms with E-state index in [1.54, 1.807) is 0 Å². The van der Waals surface area contributed by atoms with E-state index in [4.69, 9.17) is 21.9 Å². The second-order valence-electron chi connectivity index (χ2n) is 9.91. The van der Waals surface area contributed by atoms with Gasteiger partial charge in [0.25, 0.3) is 0 Å². The lowest BCUT2D eigenvalue weighted by molar-refractivity contribution is -0.123. The first-order valence-corrected chi connectivity index (χ1v) is 15.3. The van der Waals surface area contributed by atoms with Crippen LogP contribution in [-0.4, -0.2) is 49.5 Å². The molecule has 3 atom stereocenters. The molecule has 9 nitrogen and oxygen atoms in total. The van der Waals surface area contributed by atoms with Crippen LogP contribution in [0.15, 0.2) is 18.2 Å². The zero-order chi connectivity index (χ0) is 29.0. The average molecular weight is 584 g/mol. The lowest BCUT2D eigenvalue weighted by Crippen LogP contribution is -2.42. The van der Waals surface area contributed by atoms with Crippen LogP contribution < -0.4 is 32.6 Å². The minimum Gasteiger partial charge on any atom is -0.492 e. The summed E-state index contributed by atoms with van der Waals surface area (Å²) in [6.45, 7) is 3.26. The summed E-state index contributed by atoms with van der Waals surface area (Å²) in [6.07, 6.45) is 7.69. The number of carbonyl (C=O) groups is 3. The first-order valence-electron chi connectivity index (χ1n) is 14.1. The van der Waals surface area contributed by atoms with Crippen molar-refractivity contribution in [2.45, 2.75) is 94.7 Å². The third-order valence-corrected chi connectivity index (χ3v) is 7.41. The number of rotatable bonds is 22. The number of benzene rings is 1. The zero-order valence-corrected chi connectivity index (χ0v) is 25.1. The molecule has 0 fully saturated rings. The Kier molecular flexibility index (Phi) is 18.8. The fourth-order valence-electron chi connectivity index (χ4n) is 4.20. The lowest BCUT2D eigenvalue weighted by Gasteiger charge is -2.15. The van der Waals surface area contributed by atoms with Gasteiger partial charge in [-0.25, -0.2) is 0 Å². The Morgan fingerprint density at radius 3 is 1.97 bits per heavy atom. The number of unbranched alkanes of at least 4 members (excludes halogenated alkanes) is 3. The summed E-state index contributed by atoms with van der Waals surface area (Å²) < 4.78 is 5.71. The highest BCUT2D eigenvalue weighted by atomic mass is 32.1. The summed E-state index contributed by atoms with van der Waals surface area (Å²) in [6, 6.07) is 4.60. The van der Waals surface area contributed by atoms with Crippen molar-refractivity contribution in [2.24, 2.45) is 23.1 Å². The van der Waals surface area contributed by atoms with Gasteiger partial charge in [-0.15, -0.1) is 0 Å². The van der Waals surface area contributed by atoms with Crippen LogP contribution in [0.2, 0.25) is 0 Å². The topological polar surface area (TPSA) is 163 Å². The standard InChI is InChI=1S/C28H49N5O4S2/c1-2-3-8-20(26(31)34)9-4-5-10-24(29)27(35)32-14-7-6-11-25(30)28(36)33-15-16-37-23-13-12-21(18-38)22(17-23)19-39/h12-13,17,20,24-25,38-39H,2-11,14-16,18-19,29-30H2,1H3,(H2,31,34)(H,32,35)(H,33,36)/t20?,24-,25-/m0/s1. The third-order valence-electron chi connectivity index (χ3n) is 6.73. The average Bonchev–Trinajstić information content (AvgIpc) is 2.93. The van der Waals surface area contributed by atoms with E-state index in [1.165, 1.54) is 0 Å². The highest BCUT2D eigenvalue weighted by Crippen LogP contribution is 2.21. The summed E-state index contributed by atoms with van der Waals surface area (Å²) in [5.74, 6) is 1.23. The molecule has 0 saturated carbocycles. The largest absolute Gasteiger partial charge is 0.492 e. The first-order chi connectivity index (χ1) is 18.7. The molecule has 0 aromatic heterocycles. The highest BCUT2D eigenvalue weighted by molar-refractivity contribution is 7.79.